The molecule has 0 bridgehead atoms. The first-order valence-corrected chi connectivity index (χ1v) is 22.1. The molecular weight excluding hydrogens is 769 g/mol. The molecule has 1 aliphatic rings. The van der Waals surface area contributed by atoms with Gasteiger partial charge < -0.3 is 14.5 Å². The highest BCUT2D eigenvalue weighted by molar-refractivity contribution is 6.09. The summed E-state index contributed by atoms with van der Waals surface area (Å²) in [5.41, 5.74) is 12.6. The topological polar surface area (TPSA) is 33.5 Å². The molecule has 0 radical (unpaired) electrons. The van der Waals surface area contributed by atoms with Crippen molar-refractivity contribution in [1.29, 1.82) is 0 Å². The number of fused-ring (bicyclic) bond motifs is 4. The van der Waals surface area contributed by atoms with E-state index in [9.17, 15) is 0 Å². The zero-order valence-electron chi connectivity index (χ0n) is 37.3. The lowest BCUT2D eigenvalue weighted by Crippen LogP contribution is -2.32. The van der Waals surface area contributed by atoms with Crippen molar-refractivity contribution < 1.29 is 4.74 Å². The summed E-state index contributed by atoms with van der Waals surface area (Å²) in [6.07, 6.45) is 1.92. The zero-order chi connectivity index (χ0) is 43.5. The van der Waals surface area contributed by atoms with E-state index in [4.69, 9.17) is 9.72 Å². The largest absolute Gasteiger partial charge is 0.457 e. The van der Waals surface area contributed by atoms with Gasteiger partial charge in [0.2, 0.25) is 0 Å². The molecule has 5 nitrogen and oxygen atoms in total. The fraction of sp³-hybridized carbons (Fsp3) is 0.190. The molecule has 9 aromatic rings. The highest BCUT2D eigenvalue weighted by Crippen LogP contribution is 2.52. The third-order valence-corrected chi connectivity index (χ3v) is 13.2. The number of hydrogen-bond donors (Lipinski definition) is 0. The lowest BCUT2D eigenvalue weighted by atomic mass is 9.71. The van der Waals surface area contributed by atoms with Crippen molar-refractivity contribution in [2.75, 3.05) is 16.5 Å². The van der Waals surface area contributed by atoms with Gasteiger partial charge in [0.05, 0.1) is 28.1 Å². The molecule has 0 unspecified atom stereocenters. The molecule has 0 saturated heterocycles. The van der Waals surface area contributed by atoms with Crippen LogP contribution in [0.2, 0.25) is 0 Å². The van der Waals surface area contributed by atoms with E-state index in [-0.39, 0.29) is 16.2 Å². The SMILES string of the molecule is CC(C)(C)c1ccnc(-n2c3ccccc3c3ccc(Oc4cccc(N5CN(c6c(C(C)(C)c7ccccc7)cccc6C(C)(C)c6ccccc6)c6ccccc65)c4)cc32)c1. The van der Waals surface area contributed by atoms with Crippen LogP contribution >= 0.6 is 0 Å². The monoisotopic (exact) mass is 822 g/mol. The minimum Gasteiger partial charge on any atom is -0.457 e. The molecular formula is C58H54N4O. The van der Waals surface area contributed by atoms with Crippen molar-refractivity contribution >= 4 is 44.6 Å². The predicted octanol–water partition coefficient (Wildman–Crippen LogP) is 15.2. The lowest BCUT2D eigenvalue weighted by Gasteiger charge is -2.38. The summed E-state index contributed by atoms with van der Waals surface area (Å²) in [5.74, 6) is 2.44. The van der Waals surface area contributed by atoms with Gasteiger partial charge in [-0.25, -0.2) is 4.98 Å². The van der Waals surface area contributed by atoms with Crippen LogP contribution in [0.15, 0.2) is 188 Å². The quantitative estimate of drug-likeness (QED) is 0.145. The van der Waals surface area contributed by atoms with E-state index in [2.05, 4.69) is 245 Å². The lowest BCUT2D eigenvalue weighted by molar-refractivity contribution is 0.483. The average Bonchev–Trinajstić information content (AvgIpc) is 3.85. The van der Waals surface area contributed by atoms with Gasteiger partial charge in [-0.2, -0.15) is 0 Å². The van der Waals surface area contributed by atoms with Crippen molar-refractivity contribution in [3.63, 3.8) is 0 Å². The van der Waals surface area contributed by atoms with Gasteiger partial charge >= 0.3 is 0 Å². The highest BCUT2D eigenvalue weighted by Gasteiger charge is 2.38. The van der Waals surface area contributed by atoms with E-state index in [0.717, 1.165) is 45.1 Å². The number of nitrogens with zero attached hydrogens (tertiary/aromatic N) is 4. The Balaban J connectivity index is 1.05. The van der Waals surface area contributed by atoms with Gasteiger partial charge in [0.1, 0.15) is 24.0 Å². The van der Waals surface area contributed by atoms with Crippen LogP contribution in [0.1, 0.15) is 76.3 Å². The van der Waals surface area contributed by atoms with Gasteiger partial charge in [-0.05, 0) is 87.8 Å². The van der Waals surface area contributed by atoms with Crippen LogP contribution in [-0.4, -0.2) is 16.2 Å². The molecule has 0 aliphatic carbocycles. The van der Waals surface area contributed by atoms with Crippen LogP contribution in [0.5, 0.6) is 11.5 Å². The van der Waals surface area contributed by atoms with Gasteiger partial charge in [-0.1, -0.05) is 164 Å². The maximum absolute atomic E-state index is 6.80. The second-order valence-corrected chi connectivity index (χ2v) is 19.0. The van der Waals surface area contributed by atoms with E-state index >= 15 is 0 Å². The van der Waals surface area contributed by atoms with Crippen LogP contribution in [0.3, 0.4) is 0 Å². The fourth-order valence-electron chi connectivity index (χ4n) is 9.61. The molecule has 1 aliphatic heterocycles. The molecule has 7 aromatic carbocycles. The first-order chi connectivity index (χ1) is 30.4. The summed E-state index contributed by atoms with van der Waals surface area (Å²) in [7, 11) is 0. The average molecular weight is 823 g/mol. The molecule has 3 heterocycles. The van der Waals surface area contributed by atoms with Crippen LogP contribution in [-0.2, 0) is 16.2 Å². The van der Waals surface area contributed by atoms with Crippen LogP contribution in [0.25, 0.3) is 27.6 Å². The van der Waals surface area contributed by atoms with Crippen LogP contribution < -0.4 is 14.5 Å². The number of benzene rings is 7. The number of ether oxygens (including phenoxy) is 1. The molecule has 312 valence electrons. The van der Waals surface area contributed by atoms with Crippen molar-refractivity contribution in [1.82, 2.24) is 9.55 Å². The second-order valence-electron chi connectivity index (χ2n) is 19.0. The summed E-state index contributed by atoms with van der Waals surface area (Å²) < 4.78 is 9.07. The number of rotatable bonds is 9. The number of pyridine rings is 1. The molecule has 0 spiro atoms. The summed E-state index contributed by atoms with van der Waals surface area (Å²) >= 11 is 0. The first-order valence-electron chi connectivity index (χ1n) is 22.1. The van der Waals surface area contributed by atoms with Crippen molar-refractivity contribution in [3.8, 4) is 17.3 Å². The molecule has 0 fully saturated rings. The summed E-state index contributed by atoms with van der Waals surface area (Å²) in [6, 6.07) is 65.4. The predicted molar refractivity (Wildman–Crippen MR) is 263 cm³/mol. The summed E-state index contributed by atoms with van der Waals surface area (Å²) in [4.78, 5) is 9.85. The van der Waals surface area contributed by atoms with E-state index < -0.39 is 0 Å². The van der Waals surface area contributed by atoms with Crippen molar-refractivity contribution in [2.24, 2.45) is 0 Å². The maximum atomic E-state index is 6.80. The van der Waals surface area contributed by atoms with Crippen molar-refractivity contribution in [3.05, 3.63) is 216 Å². The smallest absolute Gasteiger partial charge is 0.137 e. The molecule has 0 atom stereocenters. The fourth-order valence-corrected chi connectivity index (χ4v) is 9.61. The molecule has 0 N–H and O–H groups in total. The Morgan fingerprint density at radius 3 is 1.70 bits per heavy atom. The Morgan fingerprint density at radius 2 is 1.03 bits per heavy atom. The van der Waals surface area contributed by atoms with Gasteiger partial charge in [0, 0.05) is 45.6 Å². The van der Waals surface area contributed by atoms with Crippen LogP contribution in [0.4, 0.5) is 22.7 Å². The van der Waals surface area contributed by atoms with Gasteiger partial charge in [0.15, 0.2) is 0 Å². The molecule has 2 aromatic heterocycles. The highest BCUT2D eigenvalue weighted by atomic mass is 16.5. The Labute approximate surface area is 371 Å². The van der Waals surface area contributed by atoms with E-state index in [1.807, 2.05) is 6.20 Å². The van der Waals surface area contributed by atoms with Gasteiger partial charge in [0.25, 0.3) is 0 Å². The molecule has 63 heavy (non-hydrogen) atoms. The minimum absolute atomic E-state index is 0.00813. The maximum Gasteiger partial charge on any atom is 0.137 e. The Bertz CT molecular complexity index is 3050. The van der Waals surface area contributed by atoms with Gasteiger partial charge in [-0.15, -0.1) is 0 Å². The third-order valence-electron chi connectivity index (χ3n) is 13.2. The Morgan fingerprint density at radius 1 is 0.460 bits per heavy atom. The Hall–Kier alpha value is -7.11. The summed E-state index contributed by atoms with van der Waals surface area (Å²) in [6.45, 7) is 16.8. The number of hydrogen-bond acceptors (Lipinski definition) is 4. The minimum atomic E-state index is -0.284. The summed E-state index contributed by atoms with van der Waals surface area (Å²) in [5, 5.41) is 2.35. The molecule has 0 amide bonds. The second kappa shape index (κ2) is 15.4. The number of anilines is 4. The first kappa shape index (κ1) is 40.0. The van der Waals surface area contributed by atoms with Crippen molar-refractivity contribution in [2.45, 2.75) is 64.7 Å². The third kappa shape index (κ3) is 7.02. The standard InChI is InChI=1S/C58H54N4O/c1-56(2,3)42-34-35-59-54(36-42)62-50-29-15-14-26-46(50)47-33-32-45(38-53(47)62)63-44-25-18-24-43(37-44)60-39-61(52-31-17-16-30-51(52)60)55-48(57(4,5)40-20-10-8-11-21-40)27-19-28-49(55)58(6,7)41-22-12-9-13-23-41/h8-38H,39H2,1-7H3. The number of aromatic nitrogens is 2. The molecule has 0 saturated carbocycles. The van der Waals surface area contributed by atoms with Crippen LogP contribution in [0, 0.1) is 0 Å². The molecule has 10 rings (SSSR count). The number of para-hydroxylation sites is 4. The molecule has 5 heteroatoms. The zero-order valence-corrected chi connectivity index (χ0v) is 37.3. The Kier molecular flexibility index (Phi) is 9.75. The van der Waals surface area contributed by atoms with E-state index in [0.29, 0.717) is 6.67 Å². The van der Waals surface area contributed by atoms with E-state index in [1.165, 1.54) is 44.6 Å². The normalized spacial score (nSPS) is 13.2. The van der Waals surface area contributed by atoms with E-state index in [1.54, 1.807) is 0 Å². The van der Waals surface area contributed by atoms with Gasteiger partial charge in [-0.3, -0.25) is 4.57 Å².